The number of nitrogen functional groups attached to an aromatic ring is 1. The number of hydrogen-bond donors (Lipinski definition) is 1. The number of rotatable bonds is 4. The first-order valence-electron chi connectivity index (χ1n) is 6.80. The Bertz CT molecular complexity index is 417. The number of hydrogen-bond acceptors (Lipinski definition) is 2. The van der Waals surface area contributed by atoms with Crippen LogP contribution in [0.1, 0.15) is 31.7 Å². The second-order valence-electron chi connectivity index (χ2n) is 5.22. The van der Waals surface area contributed by atoms with Crippen LogP contribution in [0.25, 0.3) is 0 Å². The van der Waals surface area contributed by atoms with E-state index in [9.17, 15) is 4.79 Å². The number of likely N-dealkylation sites (tertiary alicyclic amines) is 1. The first kappa shape index (κ1) is 12.9. The van der Waals surface area contributed by atoms with E-state index in [-0.39, 0.29) is 5.92 Å². The third-order valence-electron chi connectivity index (χ3n) is 3.64. The summed E-state index contributed by atoms with van der Waals surface area (Å²) in [6.07, 6.45) is 4.20. The predicted molar refractivity (Wildman–Crippen MR) is 74.2 cm³/mol. The first-order valence-corrected chi connectivity index (χ1v) is 6.80. The van der Waals surface area contributed by atoms with Crippen LogP contribution in [0, 0.1) is 5.92 Å². The molecule has 1 aliphatic heterocycles. The van der Waals surface area contributed by atoms with Crippen molar-refractivity contribution >= 4 is 11.6 Å². The van der Waals surface area contributed by atoms with Crippen molar-refractivity contribution in [3.05, 3.63) is 29.8 Å². The van der Waals surface area contributed by atoms with Crippen molar-refractivity contribution in [3.8, 4) is 0 Å². The van der Waals surface area contributed by atoms with Crippen LogP contribution in [0.4, 0.5) is 5.69 Å². The maximum absolute atomic E-state index is 11.9. The number of piperidine rings is 1. The van der Waals surface area contributed by atoms with Gasteiger partial charge in [-0.3, -0.25) is 4.79 Å². The molecule has 0 spiro atoms. The summed E-state index contributed by atoms with van der Waals surface area (Å²) in [6.45, 7) is 3.84. The molecule has 0 radical (unpaired) electrons. The zero-order chi connectivity index (χ0) is 13.0. The van der Waals surface area contributed by atoms with Crippen molar-refractivity contribution in [2.75, 3.05) is 18.8 Å². The van der Waals surface area contributed by atoms with E-state index in [1.807, 2.05) is 30.0 Å². The Kier molecular flexibility index (Phi) is 4.24. The molecule has 1 aromatic rings. The number of anilines is 1. The lowest BCUT2D eigenvalue weighted by molar-refractivity contribution is -0.137. The maximum Gasteiger partial charge on any atom is 0.225 e. The lowest BCUT2D eigenvalue weighted by atomic mass is 9.99. The lowest BCUT2D eigenvalue weighted by Crippen LogP contribution is -2.40. The third-order valence-corrected chi connectivity index (χ3v) is 3.64. The third kappa shape index (κ3) is 3.25. The second-order valence-corrected chi connectivity index (χ2v) is 5.22. The molecule has 1 atom stereocenters. The summed E-state index contributed by atoms with van der Waals surface area (Å²) < 4.78 is 0. The standard InChI is InChI=1S/C15H22N2O/c1-12-5-3-9-17(15(12)18)10-4-7-13-6-2-8-14(16)11-13/h2,6,8,11-12H,3-5,7,9-10,16H2,1H3. The quantitative estimate of drug-likeness (QED) is 0.829. The molecular weight excluding hydrogens is 224 g/mol. The average molecular weight is 246 g/mol. The zero-order valence-electron chi connectivity index (χ0n) is 11.1. The highest BCUT2D eigenvalue weighted by Gasteiger charge is 2.24. The van der Waals surface area contributed by atoms with Gasteiger partial charge in [-0.05, 0) is 43.4 Å². The fraction of sp³-hybridized carbons (Fsp3) is 0.533. The van der Waals surface area contributed by atoms with E-state index in [0.717, 1.165) is 44.5 Å². The van der Waals surface area contributed by atoms with Gasteiger partial charge in [0, 0.05) is 24.7 Å². The Morgan fingerprint density at radius 2 is 2.28 bits per heavy atom. The molecule has 3 nitrogen and oxygen atoms in total. The molecule has 1 saturated heterocycles. The number of amides is 1. The van der Waals surface area contributed by atoms with E-state index in [4.69, 9.17) is 5.73 Å². The van der Waals surface area contributed by atoms with E-state index < -0.39 is 0 Å². The van der Waals surface area contributed by atoms with E-state index >= 15 is 0 Å². The van der Waals surface area contributed by atoms with Crippen molar-refractivity contribution in [1.82, 2.24) is 4.90 Å². The van der Waals surface area contributed by atoms with Gasteiger partial charge in [-0.1, -0.05) is 19.1 Å². The minimum Gasteiger partial charge on any atom is -0.399 e. The van der Waals surface area contributed by atoms with Gasteiger partial charge in [0.25, 0.3) is 0 Å². The molecule has 0 aromatic heterocycles. The number of nitrogens with zero attached hydrogens (tertiary/aromatic N) is 1. The summed E-state index contributed by atoms with van der Waals surface area (Å²) in [7, 11) is 0. The average Bonchev–Trinajstić information content (AvgIpc) is 2.35. The second kappa shape index (κ2) is 5.89. The van der Waals surface area contributed by atoms with Crippen LogP contribution >= 0.6 is 0 Å². The molecule has 1 heterocycles. The Balaban J connectivity index is 1.80. The molecule has 0 aliphatic carbocycles. The highest BCUT2D eigenvalue weighted by Crippen LogP contribution is 2.18. The van der Waals surface area contributed by atoms with E-state index in [1.54, 1.807) is 0 Å². The summed E-state index contributed by atoms with van der Waals surface area (Å²) in [5.41, 5.74) is 7.82. The van der Waals surface area contributed by atoms with Gasteiger partial charge in [0.2, 0.25) is 5.91 Å². The smallest absolute Gasteiger partial charge is 0.225 e. The topological polar surface area (TPSA) is 46.3 Å². The SMILES string of the molecule is CC1CCCN(CCCc2cccc(N)c2)C1=O. The monoisotopic (exact) mass is 246 g/mol. The molecule has 1 fully saturated rings. The summed E-state index contributed by atoms with van der Waals surface area (Å²) in [5.74, 6) is 0.542. The van der Waals surface area contributed by atoms with Gasteiger partial charge in [0.15, 0.2) is 0 Å². The van der Waals surface area contributed by atoms with Crippen LogP contribution < -0.4 is 5.73 Å². The van der Waals surface area contributed by atoms with Crippen LogP contribution in [0.5, 0.6) is 0 Å². The van der Waals surface area contributed by atoms with Gasteiger partial charge in [-0.2, -0.15) is 0 Å². The van der Waals surface area contributed by atoms with Crippen LogP contribution in [-0.2, 0) is 11.2 Å². The number of benzene rings is 1. The minimum absolute atomic E-state index is 0.214. The van der Waals surface area contributed by atoms with Gasteiger partial charge in [0.1, 0.15) is 0 Å². The predicted octanol–water partition coefficient (Wildman–Crippen LogP) is 2.46. The van der Waals surface area contributed by atoms with Crippen molar-refractivity contribution < 1.29 is 4.79 Å². The van der Waals surface area contributed by atoms with E-state index in [0.29, 0.717) is 5.91 Å². The summed E-state index contributed by atoms with van der Waals surface area (Å²) in [5, 5.41) is 0. The van der Waals surface area contributed by atoms with E-state index in [2.05, 4.69) is 6.07 Å². The molecule has 1 amide bonds. The largest absolute Gasteiger partial charge is 0.399 e. The summed E-state index contributed by atoms with van der Waals surface area (Å²) >= 11 is 0. The molecule has 98 valence electrons. The molecule has 2 N–H and O–H groups in total. The fourth-order valence-corrected chi connectivity index (χ4v) is 2.58. The van der Waals surface area contributed by atoms with Crippen LogP contribution in [-0.4, -0.2) is 23.9 Å². The normalized spacial score (nSPS) is 20.2. The van der Waals surface area contributed by atoms with Crippen LogP contribution in [0.15, 0.2) is 24.3 Å². The van der Waals surface area contributed by atoms with Gasteiger partial charge < -0.3 is 10.6 Å². The Morgan fingerprint density at radius 1 is 1.44 bits per heavy atom. The number of carbonyl (C=O) groups is 1. The Hall–Kier alpha value is -1.51. The Morgan fingerprint density at radius 3 is 3.06 bits per heavy atom. The van der Waals surface area contributed by atoms with Crippen molar-refractivity contribution in [2.24, 2.45) is 5.92 Å². The number of carbonyl (C=O) groups excluding carboxylic acids is 1. The molecular formula is C15H22N2O. The molecule has 2 rings (SSSR count). The minimum atomic E-state index is 0.214. The lowest BCUT2D eigenvalue weighted by Gasteiger charge is -2.30. The molecule has 0 bridgehead atoms. The van der Waals surface area contributed by atoms with Gasteiger partial charge in [-0.25, -0.2) is 0 Å². The first-order chi connectivity index (χ1) is 8.66. The molecule has 3 heteroatoms. The molecule has 1 aliphatic rings. The highest BCUT2D eigenvalue weighted by molar-refractivity contribution is 5.79. The summed E-state index contributed by atoms with van der Waals surface area (Å²) in [4.78, 5) is 13.9. The van der Waals surface area contributed by atoms with Crippen LogP contribution in [0.3, 0.4) is 0 Å². The number of aryl methyl sites for hydroxylation is 1. The zero-order valence-corrected chi connectivity index (χ0v) is 11.1. The maximum atomic E-state index is 11.9. The highest BCUT2D eigenvalue weighted by atomic mass is 16.2. The van der Waals surface area contributed by atoms with Gasteiger partial charge in [0.05, 0.1) is 0 Å². The molecule has 1 aromatic carbocycles. The van der Waals surface area contributed by atoms with Crippen LogP contribution in [0.2, 0.25) is 0 Å². The summed E-state index contributed by atoms with van der Waals surface area (Å²) in [6, 6.07) is 8.00. The van der Waals surface area contributed by atoms with Gasteiger partial charge in [-0.15, -0.1) is 0 Å². The van der Waals surface area contributed by atoms with Gasteiger partial charge >= 0.3 is 0 Å². The number of nitrogens with two attached hydrogens (primary N) is 1. The van der Waals surface area contributed by atoms with Crippen molar-refractivity contribution in [2.45, 2.75) is 32.6 Å². The Labute approximate surface area is 109 Å². The fourth-order valence-electron chi connectivity index (χ4n) is 2.58. The van der Waals surface area contributed by atoms with Crippen molar-refractivity contribution in [1.29, 1.82) is 0 Å². The van der Waals surface area contributed by atoms with E-state index in [1.165, 1.54) is 5.56 Å². The molecule has 0 saturated carbocycles. The van der Waals surface area contributed by atoms with Crippen molar-refractivity contribution in [3.63, 3.8) is 0 Å². The molecule has 18 heavy (non-hydrogen) atoms. The molecule has 1 unspecified atom stereocenters.